The van der Waals surface area contributed by atoms with Crippen molar-refractivity contribution in [2.24, 2.45) is 5.92 Å². The molecule has 1 aliphatic heterocycles. The number of para-hydroxylation sites is 1. The summed E-state index contributed by atoms with van der Waals surface area (Å²) in [4.78, 5) is 29.6. The van der Waals surface area contributed by atoms with E-state index >= 15 is 0 Å². The molecule has 0 radical (unpaired) electrons. The Morgan fingerprint density at radius 1 is 1.03 bits per heavy atom. The maximum absolute atomic E-state index is 14.3. The first kappa shape index (κ1) is 25.1. The van der Waals surface area contributed by atoms with Crippen molar-refractivity contribution in [1.29, 1.82) is 0 Å². The predicted octanol–water partition coefficient (Wildman–Crippen LogP) is 5.15. The first-order chi connectivity index (χ1) is 17.4. The summed E-state index contributed by atoms with van der Waals surface area (Å²) in [6.07, 6.45) is 0.820. The van der Waals surface area contributed by atoms with Gasteiger partial charge in [-0.3, -0.25) is 14.5 Å². The van der Waals surface area contributed by atoms with Crippen LogP contribution < -0.4 is 24.4 Å². The van der Waals surface area contributed by atoms with Gasteiger partial charge in [-0.05, 0) is 24.5 Å². The highest BCUT2D eigenvalue weighted by Crippen LogP contribution is 2.39. The molecule has 0 saturated carbocycles. The van der Waals surface area contributed by atoms with E-state index < -0.39 is 6.04 Å². The zero-order valence-electron chi connectivity index (χ0n) is 21.1. The minimum Gasteiger partial charge on any atom is -0.497 e. The normalized spacial score (nSPS) is 15.1. The van der Waals surface area contributed by atoms with E-state index in [4.69, 9.17) is 14.2 Å². The molecule has 0 spiro atoms. The average molecular weight is 489 g/mol. The van der Waals surface area contributed by atoms with E-state index in [2.05, 4.69) is 19.2 Å². The maximum atomic E-state index is 14.3. The Labute approximate surface area is 212 Å². The second-order valence-electron chi connectivity index (χ2n) is 9.11. The van der Waals surface area contributed by atoms with Gasteiger partial charge in [-0.2, -0.15) is 0 Å². The van der Waals surface area contributed by atoms with Gasteiger partial charge < -0.3 is 19.5 Å². The van der Waals surface area contributed by atoms with Gasteiger partial charge in [0.1, 0.15) is 29.9 Å². The lowest BCUT2D eigenvalue weighted by Gasteiger charge is -2.32. The van der Waals surface area contributed by atoms with E-state index in [9.17, 15) is 9.59 Å². The molecule has 4 rings (SSSR count). The number of carbonyl (C=O) groups excluding carboxylic acids is 2. The van der Waals surface area contributed by atoms with Crippen molar-refractivity contribution in [3.05, 3.63) is 83.4 Å². The van der Waals surface area contributed by atoms with Crippen LogP contribution in [0.5, 0.6) is 17.2 Å². The van der Waals surface area contributed by atoms with Crippen LogP contribution in [0.1, 0.15) is 47.8 Å². The molecule has 3 aromatic rings. The van der Waals surface area contributed by atoms with Crippen molar-refractivity contribution in [1.82, 2.24) is 5.32 Å². The summed E-state index contributed by atoms with van der Waals surface area (Å²) < 4.78 is 17.1. The van der Waals surface area contributed by atoms with Gasteiger partial charge in [0.05, 0.1) is 19.9 Å². The third kappa shape index (κ3) is 5.30. The van der Waals surface area contributed by atoms with Crippen molar-refractivity contribution in [3.63, 3.8) is 0 Å². The fourth-order valence-corrected chi connectivity index (χ4v) is 4.27. The van der Waals surface area contributed by atoms with Gasteiger partial charge in [-0.1, -0.05) is 50.2 Å². The van der Waals surface area contributed by atoms with Crippen molar-refractivity contribution in [3.8, 4) is 17.2 Å². The molecule has 3 aromatic carbocycles. The molecule has 0 aliphatic carbocycles. The van der Waals surface area contributed by atoms with Crippen LogP contribution in [0.15, 0.2) is 66.7 Å². The predicted molar refractivity (Wildman–Crippen MR) is 139 cm³/mol. The Morgan fingerprint density at radius 3 is 2.39 bits per heavy atom. The van der Waals surface area contributed by atoms with Crippen LogP contribution in [0.4, 0.5) is 5.69 Å². The summed E-state index contributed by atoms with van der Waals surface area (Å²) in [7, 11) is 3.10. The number of fused-ring (bicyclic) bond motifs is 2. The van der Waals surface area contributed by atoms with Crippen molar-refractivity contribution in [2.75, 3.05) is 25.7 Å². The van der Waals surface area contributed by atoms with E-state index in [1.54, 1.807) is 38.5 Å². The molecule has 188 valence electrons. The molecular weight excluding hydrogens is 456 g/mol. The molecule has 1 heterocycles. The molecule has 0 aromatic heterocycles. The standard InChI is InChI=1S/C29H32N2O5/c1-19(2)13-14-30-28(32)27-25-11-7-8-12-26(25)36-18-20-9-5-6-10-24(20)29(33)31(27)21-15-22(34-3)17-23(16-21)35-4/h5-12,15-17,19,27H,13-14,18H2,1-4H3,(H,30,32). The summed E-state index contributed by atoms with van der Waals surface area (Å²) >= 11 is 0. The highest BCUT2D eigenvalue weighted by molar-refractivity contribution is 6.11. The Hall–Kier alpha value is -4.00. The van der Waals surface area contributed by atoms with Crippen LogP contribution in [0.3, 0.4) is 0 Å². The highest BCUT2D eigenvalue weighted by Gasteiger charge is 2.37. The minimum atomic E-state index is -0.983. The molecule has 2 amide bonds. The van der Waals surface area contributed by atoms with Crippen LogP contribution in [0.25, 0.3) is 0 Å². The highest BCUT2D eigenvalue weighted by atomic mass is 16.5. The lowest BCUT2D eigenvalue weighted by Crippen LogP contribution is -2.44. The van der Waals surface area contributed by atoms with Gasteiger partial charge in [-0.25, -0.2) is 0 Å². The fraction of sp³-hybridized carbons (Fsp3) is 0.310. The molecule has 36 heavy (non-hydrogen) atoms. The van der Waals surface area contributed by atoms with Crippen molar-refractivity contribution < 1.29 is 23.8 Å². The van der Waals surface area contributed by atoms with Crippen LogP contribution >= 0.6 is 0 Å². The molecule has 0 fully saturated rings. The third-order valence-electron chi connectivity index (χ3n) is 6.21. The first-order valence-corrected chi connectivity index (χ1v) is 12.1. The fourth-order valence-electron chi connectivity index (χ4n) is 4.27. The minimum absolute atomic E-state index is 0.204. The molecule has 1 N–H and O–H groups in total. The molecule has 7 heteroatoms. The topological polar surface area (TPSA) is 77.1 Å². The van der Waals surface area contributed by atoms with E-state index in [0.29, 0.717) is 46.5 Å². The number of hydrogen-bond donors (Lipinski definition) is 1. The van der Waals surface area contributed by atoms with E-state index in [1.165, 1.54) is 4.90 Å². The Balaban J connectivity index is 1.94. The first-order valence-electron chi connectivity index (χ1n) is 12.1. The van der Waals surface area contributed by atoms with Crippen LogP contribution in [0.2, 0.25) is 0 Å². The monoisotopic (exact) mass is 488 g/mol. The van der Waals surface area contributed by atoms with Crippen LogP contribution in [-0.2, 0) is 11.4 Å². The Bertz CT molecular complexity index is 1220. The number of ether oxygens (including phenoxy) is 3. The maximum Gasteiger partial charge on any atom is 0.259 e. The summed E-state index contributed by atoms with van der Waals surface area (Å²) in [5.41, 5.74) is 2.28. The molecule has 7 nitrogen and oxygen atoms in total. The van der Waals surface area contributed by atoms with Gasteiger partial charge in [0.2, 0.25) is 5.91 Å². The number of hydrogen-bond acceptors (Lipinski definition) is 5. The third-order valence-corrected chi connectivity index (χ3v) is 6.21. The largest absolute Gasteiger partial charge is 0.497 e. The van der Waals surface area contributed by atoms with Crippen molar-refractivity contribution >= 4 is 17.5 Å². The summed E-state index contributed by atoms with van der Waals surface area (Å²) in [6, 6.07) is 18.9. The van der Waals surface area contributed by atoms with Crippen LogP contribution in [-0.4, -0.2) is 32.6 Å². The number of anilines is 1. The number of carbonyl (C=O) groups is 2. The molecule has 1 aliphatic rings. The van der Waals surface area contributed by atoms with Gasteiger partial charge in [0.15, 0.2) is 0 Å². The smallest absolute Gasteiger partial charge is 0.259 e. The van der Waals surface area contributed by atoms with Gasteiger partial charge in [-0.15, -0.1) is 0 Å². The van der Waals surface area contributed by atoms with E-state index in [-0.39, 0.29) is 18.4 Å². The number of benzene rings is 3. The SMILES string of the molecule is COc1cc(OC)cc(N2C(=O)c3ccccc3COc3ccccc3C2C(=O)NCCC(C)C)c1. The Kier molecular flexibility index (Phi) is 7.78. The molecular formula is C29H32N2O5. The number of methoxy groups -OCH3 is 2. The lowest BCUT2D eigenvalue weighted by molar-refractivity contribution is -0.122. The summed E-state index contributed by atoms with van der Waals surface area (Å²) in [6.45, 7) is 4.90. The molecule has 1 unspecified atom stereocenters. The second-order valence-corrected chi connectivity index (χ2v) is 9.11. The number of rotatable bonds is 7. The summed E-state index contributed by atoms with van der Waals surface area (Å²) in [5.74, 6) is 1.38. The van der Waals surface area contributed by atoms with E-state index in [0.717, 1.165) is 12.0 Å². The zero-order chi connectivity index (χ0) is 25.7. The van der Waals surface area contributed by atoms with E-state index in [1.807, 2.05) is 42.5 Å². The van der Waals surface area contributed by atoms with Crippen molar-refractivity contribution in [2.45, 2.75) is 32.9 Å². The van der Waals surface area contributed by atoms with Gasteiger partial charge >= 0.3 is 0 Å². The lowest BCUT2D eigenvalue weighted by atomic mass is 9.99. The average Bonchev–Trinajstić information content (AvgIpc) is 2.94. The van der Waals surface area contributed by atoms with Gasteiger partial charge in [0, 0.05) is 41.4 Å². The molecule has 1 atom stereocenters. The number of amides is 2. The van der Waals surface area contributed by atoms with Gasteiger partial charge in [0.25, 0.3) is 5.91 Å². The summed E-state index contributed by atoms with van der Waals surface area (Å²) in [5, 5.41) is 3.04. The number of nitrogens with zero attached hydrogens (tertiary/aromatic N) is 1. The number of nitrogens with one attached hydrogen (secondary N) is 1. The quantitative estimate of drug-likeness (QED) is 0.498. The molecule has 0 bridgehead atoms. The molecule has 0 saturated heterocycles. The Morgan fingerprint density at radius 2 is 1.69 bits per heavy atom. The zero-order valence-corrected chi connectivity index (χ0v) is 21.1. The van der Waals surface area contributed by atoms with Crippen LogP contribution in [0, 0.1) is 5.92 Å². The second kappa shape index (κ2) is 11.2.